The van der Waals surface area contributed by atoms with Gasteiger partial charge in [0.1, 0.15) is 0 Å². The van der Waals surface area contributed by atoms with Crippen LogP contribution in [0.15, 0.2) is 48.5 Å². The molecule has 0 spiro atoms. The van der Waals surface area contributed by atoms with E-state index in [1.165, 1.54) is 10.9 Å². The monoisotopic (exact) mass is 248 g/mol. The zero-order chi connectivity index (χ0) is 13.4. The van der Waals surface area contributed by atoms with Gasteiger partial charge in [-0.2, -0.15) is 0 Å². The SMILES string of the molecule is Cc1cc(-c2cc(C)c3ccccc3n2)ccc1N. The third-order valence-corrected chi connectivity index (χ3v) is 3.49. The van der Waals surface area contributed by atoms with Crippen molar-refractivity contribution in [1.82, 2.24) is 4.98 Å². The van der Waals surface area contributed by atoms with E-state index < -0.39 is 0 Å². The van der Waals surface area contributed by atoms with E-state index in [9.17, 15) is 0 Å². The number of nitrogen functional groups attached to an aromatic ring is 1. The Labute approximate surface area is 112 Å². The normalized spacial score (nSPS) is 10.8. The molecule has 1 aromatic heterocycles. The van der Waals surface area contributed by atoms with Crippen molar-refractivity contribution in [1.29, 1.82) is 0 Å². The van der Waals surface area contributed by atoms with Gasteiger partial charge in [-0.15, -0.1) is 0 Å². The summed E-state index contributed by atoms with van der Waals surface area (Å²) in [6.45, 7) is 4.14. The molecule has 94 valence electrons. The first-order valence-electron chi connectivity index (χ1n) is 6.38. The lowest BCUT2D eigenvalue weighted by Crippen LogP contribution is -1.92. The molecule has 2 aromatic carbocycles. The lowest BCUT2D eigenvalue weighted by atomic mass is 10.0. The van der Waals surface area contributed by atoms with Crippen LogP contribution in [-0.2, 0) is 0 Å². The number of benzene rings is 2. The van der Waals surface area contributed by atoms with Crippen LogP contribution in [0.4, 0.5) is 5.69 Å². The molecule has 0 aliphatic carbocycles. The first-order chi connectivity index (χ1) is 9.15. The van der Waals surface area contributed by atoms with Crippen LogP contribution in [0.2, 0.25) is 0 Å². The topological polar surface area (TPSA) is 38.9 Å². The summed E-state index contributed by atoms with van der Waals surface area (Å²) in [6.07, 6.45) is 0. The van der Waals surface area contributed by atoms with Gasteiger partial charge in [-0.05, 0) is 49.2 Å². The number of hydrogen-bond acceptors (Lipinski definition) is 2. The molecule has 0 unspecified atom stereocenters. The number of nitrogens with zero attached hydrogens (tertiary/aromatic N) is 1. The Morgan fingerprint density at radius 1 is 0.895 bits per heavy atom. The van der Waals surface area contributed by atoms with Crippen molar-refractivity contribution in [2.75, 3.05) is 5.73 Å². The fourth-order valence-corrected chi connectivity index (χ4v) is 2.33. The third-order valence-electron chi connectivity index (χ3n) is 3.49. The zero-order valence-electron chi connectivity index (χ0n) is 11.1. The molecule has 3 rings (SSSR count). The largest absolute Gasteiger partial charge is 0.399 e. The molecule has 2 heteroatoms. The van der Waals surface area contributed by atoms with E-state index in [-0.39, 0.29) is 0 Å². The van der Waals surface area contributed by atoms with Crippen molar-refractivity contribution in [3.05, 3.63) is 59.7 Å². The van der Waals surface area contributed by atoms with Crippen molar-refractivity contribution >= 4 is 16.6 Å². The molecule has 0 fully saturated rings. The van der Waals surface area contributed by atoms with Crippen LogP contribution in [0.5, 0.6) is 0 Å². The number of pyridine rings is 1. The minimum Gasteiger partial charge on any atom is -0.399 e. The average molecular weight is 248 g/mol. The van der Waals surface area contributed by atoms with Crippen molar-refractivity contribution in [3.8, 4) is 11.3 Å². The maximum absolute atomic E-state index is 5.87. The minimum absolute atomic E-state index is 0.821. The highest BCUT2D eigenvalue weighted by Crippen LogP contribution is 2.26. The number of aromatic nitrogens is 1. The van der Waals surface area contributed by atoms with Crippen LogP contribution in [0.25, 0.3) is 22.2 Å². The highest BCUT2D eigenvalue weighted by molar-refractivity contribution is 5.85. The van der Waals surface area contributed by atoms with Crippen LogP contribution in [0.1, 0.15) is 11.1 Å². The van der Waals surface area contributed by atoms with E-state index in [0.29, 0.717) is 0 Å². The van der Waals surface area contributed by atoms with Gasteiger partial charge >= 0.3 is 0 Å². The summed E-state index contributed by atoms with van der Waals surface area (Å²) in [5.41, 5.74) is 12.2. The quantitative estimate of drug-likeness (QED) is 0.658. The molecule has 0 atom stereocenters. The molecule has 0 saturated carbocycles. The molecule has 3 aromatic rings. The van der Waals surface area contributed by atoms with Crippen LogP contribution < -0.4 is 5.73 Å². The standard InChI is InChI=1S/C17H16N2/c1-11-10-17(13-7-8-15(18)12(2)9-13)19-16-6-4-3-5-14(11)16/h3-10H,18H2,1-2H3. The fourth-order valence-electron chi connectivity index (χ4n) is 2.33. The number of hydrogen-bond donors (Lipinski definition) is 1. The molecule has 0 aliphatic rings. The number of nitrogens with two attached hydrogens (primary N) is 1. The number of fused-ring (bicyclic) bond motifs is 1. The first-order valence-corrected chi connectivity index (χ1v) is 6.38. The summed E-state index contributed by atoms with van der Waals surface area (Å²) in [4.78, 5) is 4.74. The number of rotatable bonds is 1. The Bertz CT molecular complexity index is 760. The zero-order valence-corrected chi connectivity index (χ0v) is 11.1. The van der Waals surface area contributed by atoms with E-state index >= 15 is 0 Å². The number of aryl methyl sites for hydroxylation is 2. The van der Waals surface area contributed by atoms with Gasteiger partial charge in [0, 0.05) is 16.6 Å². The molecule has 19 heavy (non-hydrogen) atoms. The Morgan fingerprint density at radius 3 is 2.47 bits per heavy atom. The molecule has 0 saturated heterocycles. The average Bonchev–Trinajstić information content (AvgIpc) is 2.42. The molecular formula is C17H16N2. The summed E-state index contributed by atoms with van der Waals surface area (Å²) in [7, 11) is 0. The van der Waals surface area contributed by atoms with Gasteiger partial charge in [-0.25, -0.2) is 4.98 Å². The van der Waals surface area contributed by atoms with Crippen molar-refractivity contribution in [2.24, 2.45) is 0 Å². The lowest BCUT2D eigenvalue weighted by Gasteiger charge is -2.08. The molecule has 1 heterocycles. The van der Waals surface area contributed by atoms with Gasteiger partial charge in [-0.1, -0.05) is 24.3 Å². The smallest absolute Gasteiger partial charge is 0.0712 e. The maximum atomic E-state index is 5.87. The van der Waals surface area contributed by atoms with E-state index in [4.69, 9.17) is 10.7 Å². The van der Waals surface area contributed by atoms with Crippen LogP contribution in [0.3, 0.4) is 0 Å². The summed E-state index contributed by atoms with van der Waals surface area (Å²) in [6, 6.07) is 16.4. The predicted octanol–water partition coefficient (Wildman–Crippen LogP) is 4.10. The van der Waals surface area contributed by atoms with Gasteiger partial charge in [-0.3, -0.25) is 0 Å². The van der Waals surface area contributed by atoms with Gasteiger partial charge in [0.25, 0.3) is 0 Å². The summed E-state index contributed by atoms with van der Waals surface area (Å²) in [5, 5.41) is 1.21. The van der Waals surface area contributed by atoms with Crippen LogP contribution in [0, 0.1) is 13.8 Å². The lowest BCUT2D eigenvalue weighted by molar-refractivity contribution is 1.35. The van der Waals surface area contributed by atoms with E-state index in [1.54, 1.807) is 0 Å². The molecule has 2 nitrogen and oxygen atoms in total. The van der Waals surface area contributed by atoms with Gasteiger partial charge in [0.2, 0.25) is 0 Å². The second kappa shape index (κ2) is 4.39. The Balaban J connectivity index is 2.22. The number of para-hydroxylation sites is 1. The summed E-state index contributed by atoms with van der Waals surface area (Å²) < 4.78 is 0. The van der Waals surface area contributed by atoms with Crippen LogP contribution in [-0.4, -0.2) is 4.98 Å². The van der Waals surface area contributed by atoms with Crippen LogP contribution >= 0.6 is 0 Å². The van der Waals surface area contributed by atoms with Crippen molar-refractivity contribution < 1.29 is 0 Å². The van der Waals surface area contributed by atoms with E-state index in [2.05, 4.69) is 31.2 Å². The highest BCUT2D eigenvalue weighted by atomic mass is 14.7. The molecule has 0 amide bonds. The Kier molecular flexibility index (Phi) is 2.71. The molecule has 0 radical (unpaired) electrons. The second-order valence-electron chi connectivity index (χ2n) is 4.91. The second-order valence-corrected chi connectivity index (χ2v) is 4.91. The van der Waals surface area contributed by atoms with Gasteiger partial charge in [0.15, 0.2) is 0 Å². The minimum atomic E-state index is 0.821. The third kappa shape index (κ3) is 2.06. The summed E-state index contributed by atoms with van der Waals surface area (Å²) >= 11 is 0. The fraction of sp³-hybridized carbons (Fsp3) is 0.118. The molecule has 0 aliphatic heterocycles. The Morgan fingerprint density at radius 2 is 1.68 bits per heavy atom. The summed E-state index contributed by atoms with van der Waals surface area (Å²) in [5.74, 6) is 0. The molecule has 2 N–H and O–H groups in total. The highest BCUT2D eigenvalue weighted by Gasteiger charge is 2.05. The Hall–Kier alpha value is -2.35. The van der Waals surface area contributed by atoms with E-state index in [0.717, 1.165) is 28.0 Å². The number of anilines is 1. The molecular weight excluding hydrogens is 232 g/mol. The predicted molar refractivity (Wildman–Crippen MR) is 81.1 cm³/mol. The van der Waals surface area contributed by atoms with Crippen molar-refractivity contribution in [3.63, 3.8) is 0 Å². The van der Waals surface area contributed by atoms with Gasteiger partial charge < -0.3 is 5.73 Å². The van der Waals surface area contributed by atoms with Gasteiger partial charge in [0.05, 0.1) is 11.2 Å². The van der Waals surface area contributed by atoms with E-state index in [1.807, 2.05) is 31.2 Å². The maximum Gasteiger partial charge on any atom is 0.0712 e. The van der Waals surface area contributed by atoms with Crippen molar-refractivity contribution in [2.45, 2.75) is 13.8 Å². The molecule has 0 bridgehead atoms. The first kappa shape index (κ1) is 11.7.